The second kappa shape index (κ2) is 7.78. The van der Waals surface area contributed by atoms with Gasteiger partial charge in [0.25, 0.3) is 0 Å². The number of carbonyl (C=O) groups excluding carboxylic acids is 1. The zero-order valence-corrected chi connectivity index (χ0v) is 15.8. The van der Waals surface area contributed by atoms with Crippen molar-refractivity contribution in [3.8, 4) is 0 Å². The van der Waals surface area contributed by atoms with Crippen molar-refractivity contribution in [2.24, 2.45) is 0 Å². The predicted octanol–water partition coefficient (Wildman–Crippen LogP) is 3.26. The fraction of sp³-hybridized carbons (Fsp3) is 0.500. The van der Waals surface area contributed by atoms with Crippen molar-refractivity contribution in [1.29, 1.82) is 0 Å². The molecule has 2 heterocycles. The first-order valence-electron chi connectivity index (χ1n) is 9.70. The SMILES string of the molecule is O=C(Cn1nc(C(F)(F)F)cc1C1CC1)N1CCN(Cc2ccccc2F)CC1. The molecular formula is C20H22F4N4O. The Hall–Kier alpha value is -2.42. The van der Waals surface area contributed by atoms with Crippen molar-refractivity contribution in [3.05, 3.63) is 53.1 Å². The summed E-state index contributed by atoms with van der Waals surface area (Å²) < 4.78 is 54.0. The Morgan fingerprint density at radius 3 is 2.41 bits per heavy atom. The molecule has 1 aromatic heterocycles. The molecule has 1 aromatic carbocycles. The van der Waals surface area contributed by atoms with E-state index in [1.54, 1.807) is 23.1 Å². The fourth-order valence-electron chi connectivity index (χ4n) is 3.66. The van der Waals surface area contributed by atoms with Gasteiger partial charge in [-0.3, -0.25) is 14.4 Å². The molecule has 4 rings (SSSR count). The highest BCUT2D eigenvalue weighted by molar-refractivity contribution is 5.76. The molecule has 2 aromatic rings. The second-order valence-corrected chi connectivity index (χ2v) is 7.63. The highest BCUT2D eigenvalue weighted by Gasteiger charge is 2.38. The van der Waals surface area contributed by atoms with Crippen LogP contribution in [0.15, 0.2) is 30.3 Å². The Morgan fingerprint density at radius 2 is 1.79 bits per heavy atom. The maximum absolute atomic E-state index is 13.8. The number of hydrogen-bond donors (Lipinski definition) is 0. The van der Waals surface area contributed by atoms with Crippen molar-refractivity contribution in [1.82, 2.24) is 19.6 Å². The average molecular weight is 410 g/mol. The third kappa shape index (κ3) is 4.60. The lowest BCUT2D eigenvalue weighted by Crippen LogP contribution is -2.49. The summed E-state index contributed by atoms with van der Waals surface area (Å²) in [6.45, 7) is 2.37. The summed E-state index contributed by atoms with van der Waals surface area (Å²) in [6.07, 6.45) is -2.87. The van der Waals surface area contributed by atoms with Gasteiger partial charge in [0.2, 0.25) is 5.91 Å². The van der Waals surface area contributed by atoms with Crippen molar-refractivity contribution in [2.75, 3.05) is 26.2 Å². The van der Waals surface area contributed by atoms with Gasteiger partial charge in [0.05, 0.1) is 0 Å². The minimum absolute atomic E-state index is 0.0593. The molecule has 1 aliphatic carbocycles. The molecular weight excluding hydrogens is 388 g/mol. The van der Waals surface area contributed by atoms with Crippen LogP contribution >= 0.6 is 0 Å². The van der Waals surface area contributed by atoms with E-state index < -0.39 is 11.9 Å². The monoisotopic (exact) mass is 410 g/mol. The van der Waals surface area contributed by atoms with Gasteiger partial charge in [-0.2, -0.15) is 18.3 Å². The van der Waals surface area contributed by atoms with Gasteiger partial charge >= 0.3 is 6.18 Å². The van der Waals surface area contributed by atoms with Crippen LogP contribution in [0.4, 0.5) is 17.6 Å². The summed E-state index contributed by atoms with van der Waals surface area (Å²) in [5.74, 6) is -0.434. The Labute approximate surface area is 165 Å². The molecule has 0 spiro atoms. The van der Waals surface area contributed by atoms with Crippen LogP contribution in [-0.4, -0.2) is 51.7 Å². The molecule has 0 N–H and O–H groups in total. The molecule has 1 aliphatic heterocycles. The summed E-state index contributed by atoms with van der Waals surface area (Å²) in [7, 11) is 0. The fourth-order valence-corrected chi connectivity index (χ4v) is 3.66. The van der Waals surface area contributed by atoms with Gasteiger partial charge in [0, 0.05) is 49.9 Å². The van der Waals surface area contributed by atoms with Crippen molar-refractivity contribution in [2.45, 2.75) is 38.0 Å². The van der Waals surface area contributed by atoms with Crippen LogP contribution in [-0.2, 0) is 24.1 Å². The van der Waals surface area contributed by atoms with E-state index >= 15 is 0 Å². The van der Waals surface area contributed by atoms with Crippen molar-refractivity contribution >= 4 is 5.91 Å². The highest BCUT2D eigenvalue weighted by atomic mass is 19.4. The lowest BCUT2D eigenvalue weighted by Gasteiger charge is -2.34. The van der Waals surface area contributed by atoms with Crippen LogP contribution in [0, 0.1) is 5.82 Å². The highest BCUT2D eigenvalue weighted by Crippen LogP contribution is 2.42. The number of aromatic nitrogens is 2. The number of carbonyl (C=O) groups is 1. The minimum Gasteiger partial charge on any atom is -0.339 e. The van der Waals surface area contributed by atoms with Crippen LogP contribution < -0.4 is 0 Å². The predicted molar refractivity (Wildman–Crippen MR) is 97.5 cm³/mol. The molecule has 29 heavy (non-hydrogen) atoms. The molecule has 1 amide bonds. The van der Waals surface area contributed by atoms with E-state index in [2.05, 4.69) is 10.00 Å². The Balaban J connectivity index is 1.36. The molecule has 0 bridgehead atoms. The Kier molecular flexibility index (Phi) is 5.33. The first-order chi connectivity index (χ1) is 13.8. The minimum atomic E-state index is -4.52. The van der Waals surface area contributed by atoms with Crippen molar-refractivity contribution in [3.63, 3.8) is 0 Å². The average Bonchev–Trinajstić information content (AvgIpc) is 3.43. The Bertz CT molecular complexity index is 883. The molecule has 0 unspecified atom stereocenters. The van der Waals surface area contributed by atoms with E-state index in [4.69, 9.17) is 0 Å². The summed E-state index contributed by atoms with van der Waals surface area (Å²) in [5, 5.41) is 3.65. The first kappa shape index (κ1) is 19.9. The number of piperazine rings is 1. The molecule has 1 saturated heterocycles. The lowest BCUT2D eigenvalue weighted by atomic mass is 10.2. The summed E-state index contributed by atoms with van der Waals surface area (Å²) in [4.78, 5) is 16.4. The maximum Gasteiger partial charge on any atom is 0.435 e. The van der Waals surface area contributed by atoms with Crippen LogP contribution in [0.5, 0.6) is 0 Å². The summed E-state index contributed by atoms with van der Waals surface area (Å²) in [6, 6.07) is 7.66. The molecule has 156 valence electrons. The summed E-state index contributed by atoms with van der Waals surface area (Å²) in [5.41, 5.74) is 0.156. The number of rotatable bonds is 5. The number of alkyl halides is 3. The number of amides is 1. The van der Waals surface area contributed by atoms with E-state index in [0.29, 0.717) is 44.0 Å². The number of nitrogens with zero attached hydrogens (tertiary/aromatic N) is 4. The normalized spacial score (nSPS) is 18.3. The van der Waals surface area contributed by atoms with Gasteiger partial charge in [-0.25, -0.2) is 4.39 Å². The molecule has 0 atom stereocenters. The molecule has 1 saturated carbocycles. The van der Waals surface area contributed by atoms with Gasteiger partial charge < -0.3 is 4.90 Å². The number of benzene rings is 1. The zero-order chi connectivity index (χ0) is 20.6. The van der Waals surface area contributed by atoms with Gasteiger partial charge in [-0.05, 0) is 25.0 Å². The van der Waals surface area contributed by atoms with Gasteiger partial charge in [0.15, 0.2) is 5.69 Å². The smallest absolute Gasteiger partial charge is 0.339 e. The van der Waals surface area contributed by atoms with Gasteiger partial charge in [-0.15, -0.1) is 0 Å². The second-order valence-electron chi connectivity index (χ2n) is 7.63. The van der Waals surface area contributed by atoms with Crippen LogP contribution in [0.25, 0.3) is 0 Å². The first-order valence-corrected chi connectivity index (χ1v) is 9.70. The van der Waals surface area contributed by atoms with Crippen LogP contribution in [0.3, 0.4) is 0 Å². The van der Waals surface area contributed by atoms with Gasteiger partial charge in [0.1, 0.15) is 12.4 Å². The number of halogens is 4. The Morgan fingerprint density at radius 1 is 1.10 bits per heavy atom. The third-order valence-corrected chi connectivity index (χ3v) is 5.46. The molecule has 2 aliphatic rings. The van der Waals surface area contributed by atoms with Crippen LogP contribution in [0.1, 0.15) is 35.7 Å². The lowest BCUT2D eigenvalue weighted by molar-refractivity contribution is -0.142. The largest absolute Gasteiger partial charge is 0.435 e. The summed E-state index contributed by atoms with van der Waals surface area (Å²) >= 11 is 0. The van der Waals surface area contributed by atoms with E-state index in [1.807, 2.05) is 0 Å². The zero-order valence-electron chi connectivity index (χ0n) is 15.8. The van der Waals surface area contributed by atoms with E-state index in [-0.39, 0.29) is 24.2 Å². The molecule has 2 fully saturated rings. The quantitative estimate of drug-likeness (QED) is 0.711. The van der Waals surface area contributed by atoms with E-state index in [0.717, 1.165) is 18.9 Å². The molecule has 0 radical (unpaired) electrons. The van der Waals surface area contributed by atoms with E-state index in [1.165, 1.54) is 10.7 Å². The molecule has 5 nitrogen and oxygen atoms in total. The maximum atomic E-state index is 13.8. The topological polar surface area (TPSA) is 41.4 Å². The number of hydrogen-bond acceptors (Lipinski definition) is 3. The van der Waals surface area contributed by atoms with E-state index in [9.17, 15) is 22.4 Å². The molecule has 9 heteroatoms. The van der Waals surface area contributed by atoms with Crippen LogP contribution in [0.2, 0.25) is 0 Å². The third-order valence-electron chi connectivity index (χ3n) is 5.46. The van der Waals surface area contributed by atoms with Gasteiger partial charge in [-0.1, -0.05) is 18.2 Å². The van der Waals surface area contributed by atoms with Crippen molar-refractivity contribution < 1.29 is 22.4 Å². The standard InChI is InChI=1S/C20H22F4N4O/c21-16-4-2-1-3-15(16)12-26-7-9-27(10-8-26)19(29)13-28-17(14-5-6-14)11-18(25-28)20(22,23)24/h1-4,11,14H,5-10,12-13H2.